The van der Waals surface area contributed by atoms with Crippen molar-refractivity contribution in [2.45, 2.75) is 12.5 Å². The fraction of sp³-hybridized carbons (Fsp3) is 0.444. The highest BCUT2D eigenvalue weighted by atomic mass is 35.5. The lowest BCUT2D eigenvalue weighted by Crippen LogP contribution is -2.39. The van der Waals surface area contributed by atoms with Crippen molar-refractivity contribution in [3.8, 4) is 0 Å². The topological polar surface area (TPSA) is 55.1 Å². The van der Waals surface area contributed by atoms with Crippen molar-refractivity contribution in [1.29, 1.82) is 0 Å². The first-order valence-electron chi connectivity index (χ1n) is 4.73. The van der Waals surface area contributed by atoms with Gasteiger partial charge in [0.05, 0.1) is 5.54 Å². The number of hydrogen-bond donors (Lipinski definition) is 1. The lowest BCUT2D eigenvalue weighted by molar-refractivity contribution is 0.645. The van der Waals surface area contributed by atoms with Gasteiger partial charge in [-0.2, -0.15) is 0 Å². The Hall–Kier alpha value is -1.07. The van der Waals surface area contributed by atoms with Crippen molar-refractivity contribution in [2.75, 3.05) is 17.1 Å². The van der Waals surface area contributed by atoms with Crippen molar-refractivity contribution in [3.05, 3.63) is 18.7 Å². The van der Waals surface area contributed by atoms with Gasteiger partial charge in [0.1, 0.15) is 6.33 Å². The van der Waals surface area contributed by atoms with Gasteiger partial charge in [-0.05, 0) is 6.92 Å². The summed E-state index contributed by atoms with van der Waals surface area (Å²) in [6.07, 6.45) is 5.06. The molecule has 0 saturated heterocycles. The van der Waals surface area contributed by atoms with Crippen LogP contribution in [0.5, 0.6) is 0 Å². The number of nitrogens with one attached hydrogen (secondary N) is 1. The SMILES string of the molecule is CC(CCl)(CCl)Nc1nccn2cnnc12. The molecule has 0 atom stereocenters. The van der Waals surface area contributed by atoms with Crippen molar-refractivity contribution in [2.24, 2.45) is 0 Å². The molecule has 0 aliphatic carbocycles. The normalized spacial score (nSPS) is 11.9. The summed E-state index contributed by atoms with van der Waals surface area (Å²) in [6, 6.07) is 0. The molecule has 2 rings (SSSR count). The maximum absolute atomic E-state index is 5.87. The van der Waals surface area contributed by atoms with Crippen LogP contribution in [0.4, 0.5) is 5.82 Å². The molecule has 1 N–H and O–H groups in total. The maximum Gasteiger partial charge on any atom is 0.203 e. The third-order valence-corrected chi connectivity index (χ3v) is 3.41. The fourth-order valence-electron chi connectivity index (χ4n) is 1.24. The average molecular weight is 260 g/mol. The molecule has 0 aromatic carbocycles. The molecule has 0 aliphatic heterocycles. The van der Waals surface area contributed by atoms with Crippen molar-refractivity contribution < 1.29 is 0 Å². The summed E-state index contributed by atoms with van der Waals surface area (Å²) in [4.78, 5) is 4.21. The lowest BCUT2D eigenvalue weighted by Gasteiger charge is -2.26. The summed E-state index contributed by atoms with van der Waals surface area (Å²) in [5, 5.41) is 11.0. The van der Waals surface area contributed by atoms with E-state index >= 15 is 0 Å². The highest BCUT2D eigenvalue weighted by Crippen LogP contribution is 2.19. The molecule has 0 spiro atoms. The van der Waals surface area contributed by atoms with Gasteiger partial charge in [0.15, 0.2) is 5.82 Å². The maximum atomic E-state index is 5.87. The molecule has 5 nitrogen and oxygen atoms in total. The minimum atomic E-state index is -0.413. The van der Waals surface area contributed by atoms with Crippen LogP contribution < -0.4 is 5.32 Å². The number of alkyl halides is 2. The number of fused-ring (bicyclic) bond motifs is 1. The second kappa shape index (κ2) is 4.43. The molecule has 7 heteroatoms. The molecule has 0 radical (unpaired) electrons. The zero-order chi connectivity index (χ0) is 11.6. The van der Waals surface area contributed by atoms with E-state index < -0.39 is 5.54 Å². The zero-order valence-corrected chi connectivity index (χ0v) is 10.2. The molecular weight excluding hydrogens is 249 g/mol. The Bertz CT molecular complexity index is 479. The minimum Gasteiger partial charge on any atom is -0.359 e. The first kappa shape index (κ1) is 11.4. The predicted molar refractivity (Wildman–Crippen MR) is 64.2 cm³/mol. The second-order valence-electron chi connectivity index (χ2n) is 3.79. The van der Waals surface area contributed by atoms with Gasteiger partial charge in [0, 0.05) is 24.2 Å². The molecule has 0 bridgehead atoms. The predicted octanol–water partition coefficient (Wildman–Crippen LogP) is 1.77. The molecule has 2 aromatic heterocycles. The minimum absolute atomic E-state index is 0.382. The standard InChI is InChI=1S/C9H11Cl2N5/c1-9(4-10,5-11)14-7-8-15-13-6-16(8)3-2-12-7/h2-3,6H,4-5H2,1H3,(H,12,14). The Balaban J connectivity index is 2.37. The Labute approximate surface area is 103 Å². The van der Waals surface area contributed by atoms with Crippen molar-refractivity contribution >= 4 is 34.7 Å². The number of aromatic nitrogens is 4. The van der Waals surface area contributed by atoms with Gasteiger partial charge in [-0.15, -0.1) is 33.4 Å². The summed E-state index contributed by atoms with van der Waals surface area (Å²) in [6.45, 7) is 1.93. The van der Waals surface area contributed by atoms with E-state index in [2.05, 4.69) is 20.5 Å². The van der Waals surface area contributed by atoms with Crippen LogP contribution in [0, 0.1) is 0 Å². The van der Waals surface area contributed by atoms with Gasteiger partial charge in [-0.1, -0.05) is 0 Å². The number of nitrogens with zero attached hydrogens (tertiary/aromatic N) is 4. The van der Waals surface area contributed by atoms with Gasteiger partial charge >= 0.3 is 0 Å². The summed E-state index contributed by atoms with van der Waals surface area (Å²) in [5.41, 5.74) is 0.244. The van der Waals surface area contributed by atoms with E-state index in [1.807, 2.05) is 6.92 Å². The van der Waals surface area contributed by atoms with E-state index in [0.29, 0.717) is 23.2 Å². The van der Waals surface area contributed by atoms with Gasteiger partial charge < -0.3 is 5.32 Å². The van der Waals surface area contributed by atoms with E-state index in [-0.39, 0.29) is 0 Å². The number of rotatable bonds is 4. The van der Waals surface area contributed by atoms with E-state index in [0.717, 1.165) is 0 Å². The van der Waals surface area contributed by atoms with Crippen LogP contribution in [0.1, 0.15) is 6.92 Å². The van der Waals surface area contributed by atoms with Gasteiger partial charge in [-0.3, -0.25) is 4.40 Å². The third-order valence-electron chi connectivity index (χ3n) is 2.23. The summed E-state index contributed by atoms with van der Waals surface area (Å²) < 4.78 is 1.78. The highest BCUT2D eigenvalue weighted by molar-refractivity contribution is 6.22. The molecule has 16 heavy (non-hydrogen) atoms. The molecule has 0 fully saturated rings. The lowest BCUT2D eigenvalue weighted by atomic mass is 10.1. The summed E-state index contributed by atoms with van der Waals surface area (Å²) in [7, 11) is 0. The van der Waals surface area contributed by atoms with Crippen LogP contribution in [0.3, 0.4) is 0 Å². The largest absolute Gasteiger partial charge is 0.359 e. The van der Waals surface area contributed by atoms with Crippen LogP contribution in [-0.4, -0.2) is 36.9 Å². The van der Waals surface area contributed by atoms with E-state index in [1.165, 1.54) is 0 Å². The Morgan fingerprint density at radius 2 is 2.19 bits per heavy atom. The summed E-state index contributed by atoms with van der Waals surface area (Å²) >= 11 is 11.7. The molecule has 0 unspecified atom stereocenters. The molecule has 86 valence electrons. The number of halogens is 2. The van der Waals surface area contributed by atoms with Gasteiger partial charge in [0.2, 0.25) is 5.65 Å². The van der Waals surface area contributed by atoms with Crippen LogP contribution in [0.25, 0.3) is 5.65 Å². The highest BCUT2D eigenvalue weighted by Gasteiger charge is 2.23. The quantitative estimate of drug-likeness (QED) is 0.851. The third kappa shape index (κ3) is 2.05. The average Bonchev–Trinajstić information content (AvgIpc) is 2.78. The zero-order valence-electron chi connectivity index (χ0n) is 8.69. The van der Waals surface area contributed by atoms with Crippen molar-refractivity contribution in [1.82, 2.24) is 19.6 Å². The molecule has 2 aromatic rings. The van der Waals surface area contributed by atoms with Gasteiger partial charge in [-0.25, -0.2) is 4.98 Å². The first-order chi connectivity index (χ1) is 7.68. The van der Waals surface area contributed by atoms with Crippen LogP contribution >= 0.6 is 23.2 Å². The molecular formula is C9H11Cl2N5. The van der Waals surface area contributed by atoms with Crippen LogP contribution in [0.15, 0.2) is 18.7 Å². The number of hydrogen-bond acceptors (Lipinski definition) is 4. The molecule has 2 heterocycles. The monoisotopic (exact) mass is 259 g/mol. The molecule has 0 amide bonds. The van der Waals surface area contributed by atoms with E-state index in [1.54, 1.807) is 23.1 Å². The Morgan fingerprint density at radius 1 is 1.44 bits per heavy atom. The Kier molecular flexibility index (Phi) is 3.16. The van der Waals surface area contributed by atoms with Gasteiger partial charge in [0.25, 0.3) is 0 Å². The van der Waals surface area contributed by atoms with Crippen molar-refractivity contribution in [3.63, 3.8) is 0 Å². The fourth-order valence-corrected chi connectivity index (χ4v) is 1.65. The smallest absolute Gasteiger partial charge is 0.203 e. The molecule has 0 saturated carbocycles. The summed E-state index contributed by atoms with van der Waals surface area (Å²) in [5.74, 6) is 1.39. The first-order valence-corrected chi connectivity index (χ1v) is 5.80. The Morgan fingerprint density at radius 3 is 2.88 bits per heavy atom. The van der Waals surface area contributed by atoms with Crippen LogP contribution in [0.2, 0.25) is 0 Å². The number of anilines is 1. The van der Waals surface area contributed by atoms with Crippen LogP contribution in [-0.2, 0) is 0 Å². The van der Waals surface area contributed by atoms with E-state index in [4.69, 9.17) is 23.2 Å². The second-order valence-corrected chi connectivity index (χ2v) is 4.33. The van der Waals surface area contributed by atoms with E-state index in [9.17, 15) is 0 Å². The molecule has 0 aliphatic rings.